The van der Waals surface area contributed by atoms with Crippen molar-refractivity contribution in [3.05, 3.63) is 18.5 Å². The van der Waals surface area contributed by atoms with E-state index in [9.17, 15) is 0 Å². The average molecular weight is 1740 g/mol. The molecule has 4 unspecified atom stereocenters. The normalized spacial score (nSPS) is 23.5. The van der Waals surface area contributed by atoms with Crippen molar-refractivity contribution in [3.63, 3.8) is 0 Å². The molecule has 0 aromatic carbocycles. The molecule has 13 rings (SSSR count). The molecular formula is C100H214N22O. The molecule has 730 valence electrons. The highest BCUT2D eigenvalue weighted by molar-refractivity contribution is 4.85. The molecule has 0 spiro atoms. The lowest BCUT2D eigenvalue weighted by Crippen LogP contribution is -2.55. The van der Waals surface area contributed by atoms with Gasteiger partial charge >= 0.3 is 0 Å². The fourth-order valence-electron chi connectivity index (χ4n) is 17.5. The Labute approximate surface area is 764 Å². The number of nitrogens with one attached hydrogen (secondary N) is 4. The third-order valence-electron chi connectivity index (χ3n) is 27.2. The highest BCUT2D eigenvalue weighted by atomic mass is 16.5. The second-order valence-electron chi connectivity index (χ2n) is 41.7. The van der Waals surface area contributed by atoms with Crippen LogP contribution >= 0.6 is 0 Å². The Morgan fingerprint density at radius 1 is 0.350 bits per heavy atom. The Hall–Kier alpha value is -2.43. The van der Waals surface area contributed by atoms with E-state index in [0.717, 1.165) is 123 Å². The number of H-pyrrole nitrogens is 1. The largest absolute Gasteiger partial charge is 0.379 e. The summed E-state index contributed by atoms with van der Waals surface area (Å²) in [5.74, 6) is 8.59. The Morgan fingerprint density at radius 2 is 0.740 bits per heavy atom. The van der Waals surface area contributed by atoms with Gasteiger partial charge in [-0.25, -0.2) is 4.98 Å². The van der Waals surface area contributed by atoms with Gasteiger partial charge in [-0.05, 0) is 349 Å². The molecule has 13 heterocycles. The number of nitrogens with zero attached hydrogens (tertiary/aromatic N) is 18. The van der Waals surface area contributed by atoms with Gasteiger partial charge in [0.05, 0.1) is 13.2 Å². The summed E-state index contributed by atoms with van der Waals surface area (Å²) in [6, 6.07) is 6.85. The van der Waals surface area contributed by atoms with Gasteiger partial charge in [-0.1, -0.05) is 94.7 Å². The fraction of sp³-hybridized carbons (Fsp3) is 0.970. The van der Waals surface area contributed by atoms with Crippen molar-refractivity contribution in [3.8, 4) is 0 Å². The van der Waals surface area contributed by atoms with Crippen molar-refractivity contribution in [2.24, 2.45) is 47.3 Å². The van der Waals surface area contributed by atoms with E-state index in [0.29, 0.717) is 36.1 Å². The summed E-state index contributed by atoms with van der Waals surface area (Å²) >= 11 is 0. The van der Waals surface area contributed by atoms with E-state index in [1.807, 2.05) is 13.8 Å². The number of rotatable bonds is 15. The summed E-state index contributed by atoms with van der Waals surface area (Å²) in [6.45, 7) is 107. The Bertz CT molecular complexity index is 2390. The zero-order valence-corrected chi connectivity index (χ0v) is 87.9. The minimum absolute atomic E-state index is 0.369. The highest BCUT2D eigenvalue weighted by Gasteiger charge is 2.26. The van der Waals surface area contributed by atoms with Crippen LogP contribution in [0.25, 0.3) is 0 Å². The maximum Gasteiger partial charge on any atom is 0.177 e. The number of tetrazole rings is 1. The first-order valence-electron chi connectivity index (χ1n) is 51.3. The van der Waals surface area contributed by atoms with Crippen LogP contribution in [0.3, 0.4) is 0 Å². The Balaban J connectivity index is 0.000000667. The van der Waals surface area contributed by atoms with Crippen LogP contribution in [0.5, 0.6) is 0 Å². The van der Waals surface area contributed by atoms with Crippen molar-refractivity contribution in [1.29, 1.82) is 0 Å². The van der Waals surface area contributed by atoms with E-state index in [4.69, 9.17) is 4.74 Å². The van der Waals surface area contributed by atoms with Gasteiger partial charge in [-0.2, -0.15) is 10.3 Å². The van der Waals surface area contributed by atoms with Crippen molar-refractivity contribution in [2.45, 2.75) is 358 Å². The number of likely N-dealkylation sites (N-methyl/N-ethyl adjacent to an activating group) is 2. The zero-order valence-electron chi connectivity index (χ0n) is 87.9. The molecule has 11 aliphatic rings. The van der Waals surface area contributed by atoms with Crippen molar-refractivity contribution in [2.75, 3.05) is 231 Å². The van der Waals surface area contributed by atoms with Gasteiger partial charge in [-0.3, -0.25) is 29.2 Å². The van der Waals surface area contributed by atoms with Crippen LogP contribution in [0.15, 0.2) is 12.7 Å². The molecule has 123 heavy (non-hydrogen) atoms. The molecule has 23 nitrogen and oxygen atoms in total. The quantitative estimate of drug-likeness (QED) is 0.133. The summed E-state index contributed by atoms with van der Waals surface area (Å²) in [5, 5.41) is 27.5. The lowest BCUT2D eigenvalue weighted by Gasteiger charge is -2.38. The van der Waals surface area contributed by atoms with Gasteiger partial charge in [0.15, 0.2) is 5.82 Å². The maximum absolute atomic E-state index is 5.21. The van der Waals surface area contributed by atoms with Gasteiger partial charge in [0.25, 0.3) is 0 Å². The van der Waals surface area contributed by atoms with Crippen LogP contribution in [-0.2, 0) is 4.74 Å². The molecule has 11 saturated heterocycles. The first-order chi connectivity index (χ1) is 58.3. The van der Waals surface area contributed by atoms with E-state index in [1.54, 1.807) is 17.3 Å². The van der Waals surface area contributed by atoms with E-state index < -0.39 is 0 Å². The fourth-order valence-corrected chi connectivity index (χ4v) is 17.5. The van der Waals surface area contributed by atoms with Gasteiger partial charge in [-0.15, -0.1) is 10.2 Å². The zero-order chi connectivity index (χ0) is 92.4. The summed E-state index contributed by atoms with van der Waals surface area (Å²) < 4.78 is 7.01. The molecule has 4 N–H and O–H groups in total. The van der Waals surface area contributed by atoms with Gasteiger partial charge < -0.3 is 55.0 Å². The lowest BCUT2D eigenvalue weighted by atomic mass is 9.87. The van der Waals surface area contributed by atoms with Crippen LogP contribution in [-0.4, -0.2) is 379 Å². The number of likely N-dealkylation sites (tertiary alicyclic amines) is 5. The minimum Gasteiger partial charge on any atom is -0.379 e. The first kappa shape index (κ1) is 119. The van der Waals surface area contributed by atoms with E-state index in [-0.39, 0.29) is 0 Å². The maximum atomic E-state index is 5.21. The number of aromatic nitrogens is 7. The van der Waals surface area contributed by atoms with Crippen LogP contribution in [0.1, 0.15) is 309 Å². The number of morpholine rings is 1. The predicted octanol–water partition coefficient (Wildman–Crippen LogP) is 16.3. The summed E-state index contributed by atoms with van der Waals surface area (Å²) in [7, 11) is 6.64. The number of piperazine rings is 4. The van der Waals surface area contributed by atoms with Crippen molar-refractivity contribution in [1.82, 2.24) is 110 Å². The van der Waals surface area contributed by atoms with E-state index in [1.165, 1.54) is 254 Å². The summed E-state index contributed by atoms with van der Waals surface area (Å²) in [5.41, 5.74) is 0. The Morgan fingerprint density at radius 3 is 1.07 bits per heavy atom. The molecule has 0 radical (unpaired) electrons. The molecule has 11 fully saturated rings. The second-order valence-corrected chi connectivity index (χ2v) is 41.7. The second kappa shape index (κ2) is 71.3. The van der Waals surface area contributed by atoms with Gasteiger partial charge in [0, 0.05) is 184 Å². The smallest absolute Gasteiger partial charge is 0.177 e. The highest BCUT2D eigenvalue weighted by Crippen LogP contribution is 2.26. The third-order valence-corrected chi connectivity index (χ3v) is 27.2. The van der Waals surface area contributed by atoms with E-state index in [2.05, 4.69) is 320 Å². The number of hydrogen-bond donors (Lipinski definition) is 4. The van der Waals surface area contributed by atoms with Gasteiger partial charge in [0.2, 0.25) is 0 Å². The molecule has 23 heteroatoms. The monoisotopic (exact) mass is 1740 g/mol. The molecule has 2 aromatic rings. The number of piperidine rings is 5. The number of ether oxygens (including phenoxy) is 1. The minimum atomic E-state index is 0.369. The Kier molecular flexibility index (Phi) is 68.7. The molecule has 0 saturated carbocycles. The topological polar surface area (TPSA) is 169 Å². The molecule has 11 aliphatic heterocycles. The van der Waals surface area contributed by atoms with Crippen LogP contribution in [0, 0.1) is 47.3 Å². The number of aromatic amines is 1. The summed E-state index contributed by atoms with van der Waals surface area (Å²) in [6.07, 6.45) is 21.7. The van der Waals surface area contributed by atoms with Crippen LogP contribution < -0.4 is 16.0 Å². The first-order valence-corrected chi connectivity index (χ1v) is 51.3. The SMILES string of the molecule is CC(C)C1CCCN(C)C1.CC(C)C1CCN(C)CC1.CC(C)C1CCNCC1.CC(C)N1CCCC1.CC(C)N1CCCCC1.CC(C)N1CCN(C)CC1.CC(C)N1CCNCC1.CC(C)N1CCOCC1.CC(C)c1nn[nH]n1.CC(C)n1cncn1.CC1CN(C(C)C)CC(C)N1.CCN1CCCC(C(C)C)C1.CCN1CCN(C(C)C)CC1. The van der Waals surface area contributed by atoms with E-state index >= 15 is 0 Å². The van der Waals surface area contributed by atoms with Crippen LogP contribution in [0.4, 0.5) is 0 Å². The molecule has 0 amide bonds. The lowest BCUT2D eigenvalue weighted by molar-refractivity contribution is 0.0238. The van der Waals surface area contributed by atoms with Crippen molar-refractivity contribution < 1.29 is 4.74 Å². The van der Waals surface area contributed by atoms with Gasteiger partial charge in [0.1, 0.15) is 12.7 Å². The predicted molar refractivity (Wildman–Crippen MR) is 534 cm³/mol. The van der Waals surface area contributed by atoms with Crippen LogP contribution in [0.2, 0.25) is 0 Å². The van der Waals surface area contributed by atoms with Crippen molar-refractivity contribution >= 4 is 0 Å². The summed E-state index contributed by atoms with van der Waals surface area (Å²) in [4.78, 5) is 33.8. The standard InChI is InChI=1S/C10H21N.2C9H20N2.2C9H19N.C8H18N2.2C8H17N.C7H16N2.C7H15NO.C7H15N.C5H9N3.C4H8N4/c1-4-11-7-5-6-10(8-11)9(2)3;1-7(2)11-5-8(3)10-9(4)6-11;1-4-10-5-7-11(8-6-10)9(2)3;1-8(2)9-4-6-10(3)7-5-9;1-8(2)9-5-4-6-10(3)7-9;1-8(2)10-6-4-9(3)5-7-10;1-7(2)8-3-5-9-6-4-8;1-8(2)9-6-4-3-5-7-9;1-7(2)9-5-3-8-4-6-9;1-7(2)8-3-5-9-6-4-8;1-7(2)8-5-3-4-6-8;1-5(2)8-4-6-3-7-8;1-3(2)4-5-7-8-6-4/h9-10H,4-8H2,1-3H3;7-10H,5-6H2,1-4H3;9H,4-8H2,1-3H3;2*8-9H,4-7H2,1-3H3;8H,4-7H2,1-3H3;7-9H,3-6H2,1-2H3;8H,3-7H2,1-2H3;7-8H,3-6H2,1-2H3;7H,3-6H2,1-2H3;7H,3-6H2,1-2H3;3-5H,1-2H3;3H,1-2H3,(H,5,6,7,8). The molecule has 2 aromatic heterocycles. The third kappa shape index (κ3) is 58.2. The average Bonchev–Trinajstić information content (AvgIpc) is 1.84. The molecule has 0 aliphatic carbocycles. The molecule has 4 atom stereocenters. The molecule has 0 bridgehead atoms. The number of hydrogen-bond acceptors (Lipinski definition) is 21. The molecular weight excluding hydrogens is 1530 g/mol.